The van der Waals surface area contributed by atoms with Crippen LogP contribution in [-0.2, 0) is 23.9 Å². The van der Waals surface area contributed by atoms with E-state index in [1.165, 1.54) is 31.2 Å². The van der Waals surface area contributed by atoms with E-state index >= 15 is 0 Å². The number of aliphatic hydroxyl groups excluding tert-OH is 2. The van der Waals surface area contributed by atoms with Crippen LogP contribution in [-0.4, -0.2) is 60.5 Å². The molecule has 0 spiro atoms. The van der Waals surface area contributed by atoms with E-state index in [9.17, 15) is 39.6 Å². The maximum Gasteiger partial charge on any atom is 0.218 e. The molecule has 3 bridgehead atoms. The van der Waals surface area contributed by atoms with Gasteiger partial charge in [-0.3, -0.25) is 19.2 Å². The lowest BCUT2D eigenvalue weighted by molar-refractivity contribution is -0.350. The molecule has 0 aromatic carbocycles. The van der Waals surface area contributed by atoms with E-state index in [-0.39, 0.29) is 0 Å². The summed E-state index contributed by atoms with van der Waals surface area (Å²) in [6, 6.07) is 0. The minimum Gasteiger partial charge on any atom is -0.508 e. The van der Waals surface area contributed by atoms with E-state index in [1.807, 2.05) is 0 Å². The zero-order valence-corrected chi connectivity index (χ0v) is 20.5. The first-order valence-corrected chi connectivity index (χ1v) is 11.5. The fraction of sp³-hybridized carbons (Fsp3) is 0.407. The number of hydrogen-bond acceptors (Lipinski definition) is 9. The Morgan fingerprint density at radius 2 is 1.33 bits per heavy atom. The maximum atomic E-state index is 14.0. The van der Waals surface area contributed by atoms with Gasteiger partial charge in [-0.05, 0) is 46.8 Å². The highest BCUT2D eigenvalue weighted by Gasteiger charge is 2.95. The van der Waals surface area contributed by atoms with Gasteiger partial charge >= 0.3 is 0 Å². The number of carbonyl (C=O) groups is 4. The van der Waals surface area contributed by atoms with Crippen LogP contribution in [0.3, 0.4) is 0 Å². The molecular weight excluding hydrogens is 468 g/mol. The van der Waals surface area contributed by atoms with Gasteiger partial charge in [0.1, 0.15) is 28.1 Å². The van der Waals surface area contributed by atoms with E-state index < -0.39 is 79.5 Å². The van der Waals surface area contributed by atoms with Gasteiger partial charge in [0.25, 0.3) is 0 Å². The van der Waals surface area contributed by atoms with Crippen molar-refractivity contribution >= 4 is 23.1 Å². The number of rotatable bonds is 4. The molecule has 6 unspecified atom stereocenters. The monoisotopic (exact) mass is 496 g/mol. The predicted octanol–water partition coefficient (Wildman–Crippen LogP) is 2.03. The first-order valence-electron chi connectivity index (χ1n) is 11.5. The van der Waals surface area contributed by atoms with Gasteiger partial charge in [-0.25, -0.2) is 0 Å². The Morgan fingerprint density at radius 3 is 1.86 bits per heavy atom. The highest BCUT2D eigenvalue weighted by Crippen LogP contribution is 2.75. The third-order valence-electron chi connectivity index (χ3n) is 8.20. The van der Waals surface area contributed by atoms with Crippen molar-refractivity contribution in [2.75, 3.05) is 0 Å². The fourth-order valence-electron chi connectivity index (χ4n) is 6.47. The lowest BCUT2D eigenvalue weighted by atomic mass is 9.53. The Balaban J connectivity index is 2.18. The SMILES string of the molecule is CC=CC=CC(O)=C1C(=O)C2(C)C3C(=C(O)/C=C/C=C/C)C(=O)C4(C)C(=O)C3(C)OC2(O)C4(O)C1=O. The van der Waals surface area contributed by atoms with Crippen LogP contribution < -0.4 is 0 Å². The van der Waals surface area contributed by atoms with Crippen LogP contribution in [0.25, 0.3) is 0 Å². The fourth-order valence-corrected chi connectivity index (χ4v) is 6.47. The average molecular weight is 497 g/mol. The number of allylic oxidation sites excluding steroid dienone is 8. The van der Waals surface area contributed by atoms with Gasteiger partial charge in [0, 0.05) is 11.5 Å². The van der Waals surface area contributed by atoms with Crippen LogP contribution >= 0.6 is 0 Å². The van der Waals surface area contributed by atoms with Crippen LogP contribution in [0.5, 0.6) is 0 Å². The Bertz CT molecular complexity index is 1310. The van der Waals surface area contributed by atoms with Crippen LogP contribution in [0.4, 0.5) is 0 Å². The van der Waals surface area contributed by atoms with Crippen molar-refractivity contribution in [1.82, 2.24) is 0 Å². The molecule has 2 aliphatic carbocycles. The molecule has 2 saturated heterocycles. The summed E-state index contributed by atoms with van der Waals surface area (Å²) in [5.74, 6) is -10.8. The Labute approximate surface area is 207 Å². The lowest BCUT2D eigenvalue weighted by Gasteiger charge is -2.58. The van der Waals surface area contributed by atoms with Gasteiger partial charge in [0.15, 0.2) is 17.3 Å². The molecular formula is C27H28O9. The number of ether oxygens (including phenoxy) is 1. The first-order chi connectivity index (χ1) is 16.7. The quantitative estimate of drug-likeness (QED) is 0.150. The molecule has 190 valence electrons. The number of hydrogen-bond donors (Lipinski definition) is 4. The van der Waals surface area contributed by atoms with Crippen molar-refractivity contribution in [3.63, 3.8) is 0 Å². The second-order valence-electron chi connectivity index (χ2n) is 9.97. The minimum atomic E-state index is -3.28. The molecule has 9 heteroatoms. The first kappa shape index (κ1) is 25.7. The van der Waals surface area contributed by atoms with E-state index in [1.54, 1.807) is 32.1 Å². The Kier molecular flexibility index (Phi) is 5.39. The van der Waals surface area contributed by atoms with Gasteiger partial charge in [-0.1, -0.05) is 36.5 Å². The van der Waals surface area contributed by atoms with Crippen molar-refractivity contribution in [3.05, 3.63) is 71.3 Å². The highest BCUT2D eigenvalue weighted by atomic mass is 16.7. The van der Waals surface area contributed by atoms with Crippen molar-refractivity contribution in [2.24, 2.45) is 16.7 Å². The van der Waals surface area contributed by atoms with Gasteiger partial charge < -0.3 is 25.2 Å². The summed E-state index contributed by atoms with van der Waals surface area (Å²) in [5.41, 5.74) is -11.6. The van der Waals surface area contributed by atoms with Crippen molar-refractivity contribution in [2.45, 2.75) is 51.6 Å². The summed E-state index contributed by atoms with van der Waals surface area (Å²) in [5, 5.41) is 45.5. The Morgan fingerprint density at radius 1 is 0.806 bits per heavy atom. The lowest BCUT2D eigenvalue weighted by Crippen LogP contribution is -2.82. The molecule has 0 radical (unpaired) electrons. The normalized spacial score (nSPS) is 44.8. The summed E-state index contributed by atoms with van der Waals surface area (Å²) >= 11 is 0. The van der Waals surface area contributed by atoms with Crippen molar-refractivity contribution < 1.29 is 44.3 Å². The van der Waals surface area contributed by atoms with Gasteiger partial charge in [-0.2, -0.15) is 0 Å². The second kappa shape index (κ2) is 7.55. The standard InChI is InChI=1S/C27H28O9/c1-6-8-10-12-14(28)16-18-23(3)20(31)17(15(29)13-11-9-7-2)21(32)26(34)24(4,19(16)30)22(33)25(18,5)36-27(23,26)35/h6-13,18,28-29,34-35H,1-5H3/b8-6+,9-7?,12-10+,13-11?,16-14?,17-15?. The molecule has 4 N–H and O–H groups in total. The highest BCUT2D eigenvalue weighted by molar-refractivity contribution is 6.36. The predicted molar refractivity (Wildman–Crippen MR) is 126 cm³/mol. The molecule has 0 aromatic heterocycles. The van der Waals surface area contributed by atoms with Gasteiger partial charge in [0.05, 0.1) is 5.41 Å². The van der Waals surface area contributed by atoms with Crippen LogP contribution in [0.1, 0.15) is 34.6 Å². The minimum absolute atomic E-state index is 0.430. The number of fused-ring (bicyclic) bond motifs is 3. The maximum absolute atomic E-state index is 14.0. The summed E-state index contributed by atoms with van der Waals surface area (Å²) in [4.78, 5) is 55.4. The number of ketones is 4. The van der Waals surface area contributed by atoms with E-state index in [2.05, 4.69) is 0 Å². The largest absolute Gasteiger partial charge is 0.508 e. The van der Waals surface area contributed by atoms with E-state index in [0.717, 1.165) is 19.9 Å². The number of aliphatic hydroxyl groups is 4. The zero-order chi connectivity index (χ0) is 27.1. The van der Waals surface area contributed by atoms with E-state index in [0.29, 0.717) is 0 Å². The molecule has 0 amide bonds. The summed E-state index contributed by atoms with van der Waals surface area (Å²) in [7, 11) is 0. The van der Waals surface area contributed by atoms with Gasteiger partial charge in [0.2, 0.25) is 17.2 Å². The second-order valence-corrected chi connectivity index (χ2v) is 9.97. The Hall–Kier alpha value is -3.40. The molecule has 36 heavy (non-hydrogen) atoms. The number of Topliss-reactive ketones (excluding diaryl/α,β-unsaturated/α-hetero) is 4. The van der Waals surface area contributed by atoms with Gasteiger partial charge in [-0.15, -0.1) is 0 Å². The van der Waals surface area contributed by atoms with Crippen LogP contribution in [0, 0.1) is 16.7 Å². The topological polar surface area (TPSA) is 158 Å². The van der Waals surface area contributed by atoms with Crippen molar-refractivity contribution in [3.8, 4) is 0 Å². The van der Waals surface area contributed by atoms with Crippen LogP contribution in [0.15, 0.2) is 71.3 Å². The molecule has 4 aliphatic rings. The molecule has 9 nitrogen and oxygen atoms in total. The molecule has 0 aromatic rings. The van der Waals surface area contributed by atoms with Crippen molar-refractivity contribution in [1.29, 1.82) is 0 Å². The summed E-state index contributed by atoms with van der Waals surface area (Å²) in [6.45, 7) is 6.83. The summed E-state index contributed by atoms with van der Waals surface area (Å²) < 4.78 is 5.72. The van der Waals surface area contributed by atoms with E-state index in [4.69, 9.17) is 4.74 Å². The molecule has 6 atom stereocenters. The molecule has 4 fully saturated rings. The molecule has 2 aliphatic heterocycles. The zero-order valence-electron chi connectivity index (χ0n) is 20.5. The smallest absolute Gasteiger partial charge is 0.218 e. The number of carbonyl (C=O) groups excluding carboxylic acids is 4. The molecule has 4 rings (SSSR count). The third-order valence-corrected chi connectivity index (χ3v) is 8.20. The average Bonchev–Trinajstić information content (AvgIpc) is 3.00. The molecule has 2 saturated carbocycles. The summed E-state index contributed by atoms with van der Waals surface area (Å²) in [6.07, 6.45) is 11.3. The molecule has 2 heterocycles. The third kappa shape index (κ3) is 2.40. The van der Waals surface area contributed by atoms with Crippen LogP contribution in [0.2, 0.25) is 0 Å².